The Hall–Kier alpha value is -1.33. The second kappa shape index (κ2) is 4.67. The van der Waals surface area contributed by atoms with Crippen molar-refractivity contribution in [3.05, 3.63) is 18.2 Å². The highest BCUT2D eigenvalue weighted by atomic mass is 16.5. The highest BCUT2D eigenvalue weighted by Gasteiger charge is 2.27. The summed E-state index contributed by atoms with van der Waals surface area (Å²) < 4.78 is 5.48. The van der Waals surface area contributed by atoms with Crippen LogP contribution in [0.5, 0.6) is 0 Å². The Morgan fingerprint density at radius 2 is 2.25 bits per heavy atom. The van der Waals surface area contributed by atoms with Crippen LogP contribution in [0.25, 0.3) is 0 Å². The fraction of sp³-hybridized carbons (Fsp3) is 0.545. The number of pyridine rings is 1. The normalized spacial score (nSPS) is 25.1. The summed E-state index contributed by atoms with van der Waals surface area (Å²) in [7, 11) is 0. The number of ether oxygens (including phenoxy) is 1. The van der Waals surface area contributed by atoms with Crippen LogP contribution >= 0.6 is 0 Å². The average molecular weight is 222 g/mol. The molecule has 88 valence electrons. The summed E-state index contributed by atoms with van der Waals surface area (Å²) >= 11 is 0. The summed E-state index contributed by atoms with van der Waals surface area (Å²) in [4.78, 5) is 4.33. The van der Waals surface area contributed by atoms with Crippen LogP contribution in [0.2, 0.25) is 0 Å². The van der Waals surface area contributed by atoms with Gasteiger partial charge < -0.3 is 15.5 Å². The maximum Gasteiger partial charge on any atom is 0.142 e. The molecule has 5 nitrogen and oxygen atoms in total. The van der Waals surface area contributed by atoms with Crippen molar-refractivity contribution in [2.45, 2.75) is 25.3 Å². The molecule has 1 aromatic heterocycles. The van der Waals surface area contributed by atoms with Crippen LogP contribution in [-0.4, -0.2) is 23.7 Å². The number of hydrazine groups is 1. The minimum Gasteiger partial charge on any atom is -0.379 e. The van der Waals surface area contributed by atoms with Gasteiger partial charge in [-0.2, -0.15) is 0 Å². The topological polar surface area (TPSA) is 72.2 Å². The van der Waals surface area contributed by atoms with Gasteiger partial charge in [-0.25, -0.2) is 10.8 Å². The van der Waals surface area contributed by atoms with Gasteiger partial charge in [0, 0.05) is 6.61 Å². The summed E-state index contributed by atoms with van der Waals surface area (Å²) in [5, 5.41) is 3.40. The van der Waals surface area contributed by atoms with Crippen LogP contribution < -0.4 is 16.6 Å². The van der Waals surface area contributed by atoms with Gasteiger partial charge >= 0.3 is 0 Å². The minimum atomic E-state index is -0.0293. The van der Waals surface area contributed by atoms with Crippen molar-refractivity contribution in [2.24, 2.45) is 5.84 Å². The van der Waals surface area contributed by atoms with Crippen molar-refractivity contribution >= 4 is 11.6 Å². The molecule has 0 amide bonds. The van der Waals surface area contributed by atoms with Crippen molar-refractivity contribution in [2.75, 3.05) is 24.0 Å². The second-order valence-corrected chi connectivity index (χ2v) is 4.39. The van der Waals surface area contributed by atoms with Gasteiger partial charge in [-0.1, -0.05) is 6.07 Å². The third kappa shape index (κ3) is 2.62. The van der Waals surface area contributed by atoms with E-state index in [0.717, 1.165) is 31.9 Å². The van der Waals surface area contributed by atoms with Crippen LogP contribution in [0.1, 0.15) is 19.8 Å². The molecule has 1 fully saturated rings. The van der Waals surface area contributed by atoms with Gasteiger partial charge in [-0.3, -0.25) is 0 Å². The van der Waals surface area contributed by atoms with Crippen LogP contribution in [0.15, 0.2) is 18.2 Å². The number of hydrogen-bond acceptors (Lipinski definition) is 5. The van der Waals surface area contributed by atoms with E-state index >= 15 is 0 Å². The van der Waals surface area contributed by atoms with Gasteiger partial charge in [0.05, 0.1) is 12.1 Å². The van der Waals surface area contributed by atoms with Crippen LogP contribution in [0, 0.1) is 0 Å². The average Bonchev–Trinajstić information content (AvgIpc) is 2.29. The first-order chi connectivity index (χ1) is 7.72. The molecule has 4 N–H and O–H groups in total. The summed E-state index contributed by atoms with van der Waals surface area (Å²) in [5.74, 6) is 6.80. The third-order valence-electron chi connectivity index (χ3n) is 2.76. The predicted molar refractivity (Wildman–Crippen MR) is 64.1 cm³/mol. The zero-order chi connectivity index (χ0) is 11.4. The molecule has 1 atom stereocenters. The Balaban J connectivity index is 2.07. The molecule has 16 heavy (non-hydrogen) atoms. The van der Waals surface area contributed by atoms with Crippen molar-refractivity contribution in [1.82, 2.24) is 4.98 Å². The molecule has 0 aliphatic carbocycles. The number of nitrogens with two attached hydrogens (primary N) is 1. The van der Waals surface area contributed by atoms with E-state index in [1.807, 2.05) is 18.2 Å². The molecule has 1 saturated heterocycles. The van der Waals surface area contributed by atoms with Crippen LogP contribution in [0.4, 0.5) is 11.6 Å². The van der Waals surface area contributed by atoms with Crippen molar-refractivity contribution < 1.29 is 4.74 Å². The molecule has 0 saturated carbocycles. The summed E-state index contributed by atoms with van der Waals surface area (Å²) in [6, 6.07) is 5.67. The first kappa shape index (κ1) is 11.2. The summed E-state index contributed by atoms with van der Waals surface area (Å²) in [5.41, 5.74) is 2.51. The molecule has 0 spiro atoms. The predicted octanol–water partition coefficient (Wildman–Crippen LogP) is 1.35. The molecule has 0 aromatic carbocycles. The lowest BCUT2D eigenvalue weighted by Crippen LogP contribution is -2.43. The SMILES string of the molecule is CC1(Nc2cccc(NN)n2)CCCOC1. The summed E-state index contributed by atoms with van der Waals surface area (Å²) in [6.45, 7) is 3.72. The Morgan fingerprint density at radius 3 is 2.94 bits per heavy atom. The fourth-order valence-electron chi connectivity index (χ4n) is 1.93. The van der Waals surface area contributed by atoms with Gasteiger partial charge in [0.25, 0.3) is 0 Å². The molecule has 1 aliphatic rings. The fourth-order valence-corrected chi connectivity index (χ4v) is 1.93. The van der Waals surface area contributed by atoms with Crippen LogP contribution in [-0.2, 0) is 4.74 Å². The highest BCUT2D eigenvalue weighted by molar-refractivity contribution is 5.45. The van der Waals surface area contributed by atoms with Gasteiger partial charge in [-0.15, -0.1) is 0 Å². The molecule has 5 heteroatoms. The van der Waals surface area contributed by atoms with Crippen molar-refractivity contribution in [3.63, 3.8) is 0 Å². The molecule has 2 heterocycles. The van der Waals surface area contributed by atoms with E-state index < -0.39 is 0 Å². The number of aromatic nitrogens is 1. The summed E-state index contributed by atoms with van der Waals surface area (Å²) in [6.07, 6.45) is 2.17. The van der Waals surface area contributed by atoms with E-state index in [-0.39, 0.29) is 5.54 Å². The lowest BCUT2D eigenvalue weighted by atomic mass is 9.95. The molecule has 1 unspecified atom stereocenters. The first-order valence-corrected chi connectivity index (χ1v) is 5.51. The van der Waals surface area contributed by atoms with Crippen molar-refractivity contribution in [3.8, 4) is 0 Å². The Bertz CT molecular complexity index is 350. The lowest BCUT2D eigenvalue weighted by Gasteiger charge is -2.34. The zero-order valence-electron chi connectivity index (χ0n) is 9.49. The van der Waals surface area contributed by atoms with Gasteiger partial charge in [0.1, 0.15) is 11.6 Å². The molecular formula is C11H18N4O. The second-order valence-electron chi connectivity index (χ2n) is 4.39. The standard InChI is InChI=1S/C11H18N4O/c1-11(6-3-7-16-8-11)14-9-4-2-5-10(13-9)15-12/h2,4-5H,3,6-8,12H2,1H3,(H2,13,14,15). The lowest BCUT2D eigenvalue weighted by molar-refractivity contribution is 0.0539. The largest absolute Gasteiger partial charge is 0.379 e. The molecule has 0 bridgehead atoms. The quantitative estimate of drug-likeness (QED) is 0.532. The number of anilines is 2. The maximum atomic E-state index is 5.48. The molecule has 1 aromatic rings. The zero-order valence-corrected chi connectivity index (χ0v) is 9.49. The van der Waals surface area contributed by atoms with E-state index in [2.05, 4.69) is 22.7 Å². The number of nitrogens with zero attached hydrogens (tertiary/aromatic N) is 1. The van der Waals surface area contributed by atoms with Crippen molar-refractivity contribution in [1.29, 1.82) is 0 Å². The maximum absolute atomic E-state index is 5.48. The van der Waals surface area contributed by atoms with Gasteiger partial charge in [0.15, 0.2) is 0 Å². The molecule has 2 rings (SSSR count). The Morgan fingerprint density at radius 1 is 1.44 bits per heavy atom. The Kier molecular flexibility index (Phi) is 3.26. The molecule has 1 aliphatic heterocycles. The minimum absolute atomic E-state index is 0.0293. The molecule has 0 radical (unpaired) electrons. The smallest absolute Gasteiger partial charge is 0.142 e. The molecular weight excluding hydrogens is 204 g/mol. The van der Waals surface area contributed by atoms with E-state index in [1.165, 1.54) is 0 Å². The van der Waals surface area contributed by atoms with E-state index in [9.17, 15) is 0 Å². The van der Waals surface area contributed by atoms with Gasteiger partial charge in [-0.05, 0) is 31.9 Å². The first-order valence-electron chi connectivity index (χ1n) is 5.51. The monoisotopic (exact) mass is 222 g/mol. The number of nitrogens with one attached hydrogen (secondary N) is 2. The number of hydrogen-bond donors (Lipinski definition) is 3. The Labute approximate surface area is 95.4 Å². The van der Waals surface area contributed by atoms with Crippen LogP contribution in [0.3, 0.4) is 0 Å². The van der Waals surface area contributed by atoms with E-state index in [1.54, 1.807) is 0 Å². The van der Waals surface area contributed by atoms with E-state index in [4.69, 9.17) is 10.6 Å². The number of rotatable bonds is 3. The van der Waals surface area contributed by atoms with Gasteiger partial charge in [0.2, 0.25) is 0 Å². The third-order valence-corrected chi connectivity index (χ3v) is 2.76. The van der Waals surface area contributed by atoms with E-state index in [0.29, 0.717) is 5.82 Å². The number of nitrogen functional groups attached to an aromatic ring is 1. The highest BCUT2D eigenvalue weighted by Crippen LogP contribution is 2.23.